The van der Waals surface area contributed by atoms with Crippen molar-refractivity contribution in [3.8, 4) is 5.75 Å². The second-order valence-electron chi connectivity index (χ2n) is 7.97. The molecule has 0 saturated carbocycles. The van der Waals surface area contributed by atoms with E-state index in [1.807, 2.05) is 36.1 Å². The van der Waals surface area contributed by atoms with E-state index in [2.05, 4.69) is 38.3 Å². The lowest BCUT2D eigenvalue weighted by Gasteiger charge is -2.38. The third-order valence-electron chi connectivity index (χ3n) is 5.98. The maximum Gasteiger partial charge on any atom is 0.244 e. The molecule has 0 aliphatic carbocycles. The SMILES string of the molecule is CCNC(=NCC(=O)N1CCc2ccccc2C1)N1CCN(c2ccccc2O)CC1. The Kier molecular flexibility index (Phi) is 6.60. The van der Waals surface area contributed by atoms with Crippen LogP contribution in [0.4, 0.5) is 5.69 Å². The van der Waals surface area contributed by atoms with Gasteiger partial charge in [-0.05, 0) is 36.6 Å². The van der Waals surface area contributed by atoms with Crippen molar-refractivity contribution in [3.05, 3.63) is 59.7 Å². The number of carbonyl (C=O) groups is 1. The summed E-state index contributed by atoms with van der Waals surface area (Å²) in [5.74, 6) is 1.16. The van der Waals surface area contributed by atoms with E-state index >= 15 is 0 Å². The van der Waals surface area contributed by atoms with Crippen molar-refractivity contribution in [1.82, 2.24) is 15.1 Å². The minimum atomic E-state index is 0.0674. The molecule has 0 aromatic heterocycles. The van der Waals surface area contributed by atoms with Gasteiger partial charge in [0, 0.05) is 45.8 Å². The molecule has 31 heavy (non-hydrogen) atoms. The average Bonchev–Trinajstić information content (AvgIpc) is 2.82. The van der Waals surface area contributed by atoms with Crippen LogP contribution in [0, 0.1) is 0 Å². The number of para-hydroxylation sites is 2. The number of hydrogen-bond acceptors (Lipinski definition) is 4. The van der Waals surface area contributed by atoms with E-state index in [1.54, 1.807) is 6.07 Å². The highest BCUT2D eigenvalue weighted by Gasteiger charge is 2.23. The van der Waals surface area contributed by atoms with Crippen molar-refractivity contribution < 1.29 is 9.90 Å². The number of carbonyl (C=O) groups excluding carboxylic acids is 1. The Morgan fingerprint density at radius 1 is 0.968 bits per heavy atom. The number of piperazine rings is 1. The van der Waals surface area contributed by atoms with Gasteiger partial charge in [0.05, 0.1) is 5.69 Å². The Balaban J connectivity index is 1.35. The quantitative estimate of drug-likeness (QED) is 0.584. The summed E-state index contributed by atoms with van der Waals surface area (Å²) in [5.41, 5.74) is 3.44. The van der Waals surface area contributed by atoms with E-state index in [4.69, 9.17) is 0 Å². The van der Waals surface area contributed by atoms with E-state index < -0.39 is 0 Å². The minimum absolute atomic E-state index is 0.0674. The van der Waals surface area contributed by atoms with E-state index in [0.717, 1.165) is 57.3 Å². The van der Waals surface area contributed by atoms with Gasteiger partial charge in [0.2, 0.25) is 5.91 Å². The molecule has 2 N–H and O–H groups in total. The van der Waals surface area contributed by atoms with Gasteiger partial charge in [0.1, 0.15) is 12.3 Å². The topological polar surface area (TPSA) is 71.4 Å². The molecule has 7 heteroatoms. The van der Waals surface area contributed by atoms with Crippen LogP contribution in [0.5, 0.6) is 5.75 Å². The molecule has 1 amide bonds. The lowest BCUT2D eigenvalue weighted by atomic mass is 10.00. The van der Waals surface area contributed by atoms with Crippen LogP contribution in [0.15, 0.2) is 53.5 Å². The van der Waals surface area contributed by atoms with Crippen LogP contribution < -0.4 is 10.2 Å². The summed E-state index contributed by atoms with van der Waals surface area (Å²) in [6.07, 6.45) is 0.903. The van der Waals surface area contributed by atoms with Gasteiger partial charge in [-0.15, -0.1) is 0 Å². The molecule has 2 aromatic carbocycles. The monoisotopic (exact) mass is 421 g/mol. The second kappa shape index (κ2) is 9.73. The van der Waals surface area contributed by atoms with Gasteiger partial charge < -0.3 is 25.1 Å². The second-order valence-corrected chi connectivity index (χ2v) is 7.97. The van der Waals surface area contributed by atoms with Crippen LogP contribution in [0.3, 0.4) is 0 Å². The summed E-state index contributed by atoms with van der Waals surface area (Å²) < 4.78 is 0. The van der Waals surface area contributed by atoms with Gasteiger partial charge in [0.25, 0.3) is 0 Å². The molecule has 0 spiro atoms. The first kappa shape index (κ1) is 21.0. The maximum absolute atomic E-state index is 12.8. The Labute approximate surface area is 184 Å². The van der Waals surface area contributed by atoms with E-state index in [9.17, 15) is 9.90 Å². The minimum Gasteiger partial charge on any atom is -0.506 e. The number of aliphatic imine (C=N–C) groups is 1. The molecule has 2 aliphatic rings. The smallest absolute Gasteiger partial charge is 0.244 e. The van der Waals surface area contributed by atoms with E-state index in [1.165, 1.54) is 11.1 Å². The summed E-state index contributed by atoms with van der Waals surface area (Å²) in [6.45, 7) is 7.52. The number of aromatic hydroxyl groups is 1. The fraction of sp³-hybridized carbons (Fsp3) is 0.417. The number of nitrogens with zero attached hydrogens (tertiary/aromatic N) is 4. The number of hydrogen-bond donors (Lipinski definition) is 2. The largest absolute Gasteiger partial charge is 0.506 e. The lowest BCUT2D eigenvalue weighted by Crippen LogP contribution is -2.52. The van der Waals surface area contributed by atoms with Gasteiger partial charge in [-0.2, -0.15) is 0 Å². The molecular formula is C24H31N5O2. The number of guanidine groups is 1. The van der Waals surface area contributed by atoms with Crippen LogP contribution in [0.2, 0.25) is 0 Å². The molecule has 164 valence electrons. The number of phenols is 1. The molecule has 0 unspecified atom stereocenters. The van der Waals surface area contributed by atoms with Gasteiger partial charge >= 0.3 is 0 Å². The molecule has 0 radical (unpaired) electrons. The average molecular weight is 422 g/mol. The third kappa shape index (κ3) is 4.93. The predicted molar refractivity (Wildman–Crippen MR) is 123 cm³/mol. The van der Waals surface area contributed by atoms with Crippen molar-refractivity contribution in [2.24, 2.45) is 4.99 Å². The van der Waals surface area contributed by atoms with E-state index in [0.29, 0.717) is 12.3 Å². The van der Waals surface area contributed by atoms with Crippen molar-refractivity contribution in [3.63, 3.8) is 0 Å². The van der Waals surface area contributed by atoms with Crippen molar-refractivity contribution in [2.75, 3.05) is 50.7 Å². The molecule has 1 fully saturated rings. The molecule has 2 aliphatic heterocycles. The molecule has 4 rings (SSSR count). The fourth-order valence-corrected chi connectivity index (χ4v) is 4.27. The number of rotatable bonds is 4. The van der Waals surface area contributed by atoms with Crippen molar-refractivity contribution in [1.29, 1.82) is 0 Å². The highest BCUT2D eigenvalue weighted by Crippen LogP contribution is 2.27. The first-order valence-corrected chi connectivity index (χ1v) is 11.1. The summed E-state index contributed by atoms with van der Waals surface area (Å²) in [4.78, 5) is 23.8. The van der Waals surface area contributed by atoms with Crippen LogP contribution in [-0.4, -0.2) is 72.6 Å². The Morgan fingerprint density at radius 3 is 2.42 bits per heavy atom. The standard InChI is InChI=1S/C24H31N5O2/c1-2-25-24(28-15-13-27(14-16-28)21-9-5-6-10-22(21)30)26-17-23(31)29-12-11-19-7-3-4-8-20(19)18-29/h3-10,30H,2,11-18H2,1H3,(H,25,26). The van der Waals surface area contributed by atoms with Gasteiger partial charge in [-0.1, -0.05) is 36.4 Å². The van der Waals surface area contributed by atoms with Crippen LogP contribution in [-0.2, 0) is 17.8 Å². The van der Waals surface area contributed by atoms with Crippen LogP contribution >= 0.6 is 0 Å². The summed E-state index contributed by atoms with van der Waals surface area (Å²) >= 11 is 0. The number of phenolic OH excluding ortho intramolecular Hbond substituents is 1. The predicted octanol–water partition coefficient (Wildman–Crippen LogP) is 2.06. The molecule has 2 heterocycles. The van der Waals surface area contributed by atoms with Gasteiger partial charge in [0.15, 0.2) is 5.96 Å². The molecule has 1 saturated heterocycles. The summed E-state index contributed by atoms with van der Waals surface area (Å²) in [6, 6.07) is 15.8. The number of nitrogens with one attached hydrogen (secondary N) is 1. The molecule has 0 atom stereocenters. The summed E-state index contributed by atoms with van der Waals surface area (Å²) in [7, 11) is 0. The zero-order valence-electron chi connectivity index (χ0n) is 18.1. The Hall–Kier alpha value is -3.22. The number of amides is 1. The normalized spacial score (nSPS) is 16.8. The highest BCUT2D eigenvalue weighted by atomic mass is 16.3. The lowest BCUT2D eigenvalue weighted by molar-refractivity contribution is -0.130. The fourth-order valence-electron chi connectivity index (χ4n) is 4.27. The van der Waals surface area contributed by atoms with Gasteiger partial charge in [-0.25, -0.2) is 4.99 Å². The van der Waals surface area contributed by atoms with Gasteiger partial charge in [-0.3, -0.25) is 4.79 Å². The number of anilines is 1. The zero-order valence-corrected chi connectivity index (χ0v) is 18.1. The highest BCUT2D eigenvalue weighted by molar-refractivity contribution is 5.85. The van der Waals surface area contributed by atoms with Crippen molar-refractivity contribution >= 4 is 17.6 Å². The number of benzene rings is 2. The molecule has 7 nitrogen and oxygen atoms in total. The van der Waals surface area contributed by atoms with Crippen molar-refractivity contribution in [2.45, 2.75) is 19.9 Å². The maximum atomic E-state index is 12.8. The van der Waals surface area contributed by atoms with E-state index in [-0.39, 0.29) is 12.5 Å². The Morgan fingerprint density at radius 2 is 1.68 bits per heavy atom. The number of fused-ring (bicyclic) bond motifs is 1. The first-order chi connectivity index (χ1) is 15.2. The summed E-state index contributed by atoms with van der Waals surface area (Å²) in [5, 5.41) is 13.4. The molecule has 2 aromatic rings. The van der Waals surface area contributed by atoms with Crippen LogP contribution in [0.25, 0.3) is 0 Å². The zero-order chi connectivity index (χ0) is 21.6. The molecule has 0 bridgehead atoms. The Bertz CT molecular complexity index is 937. The van der Waals surface area contributed by atoms with Crippen LogP contribution in [0.1, 0.15) is 18.1 Å². The first-order valence-electron chi connectivity index (χ1n) is 11.1. The third-order valence-corrected chi connectivity index (χ3v) is 5.98. The molecular weight excluding hydrogens is 390 g/mol.